The molecule has 0 unspecified atom stereocenters. The summed E-state index contributed by atoms with van der Waals surface area (Å²) >= 11 is 1.06. The maximum Gasteiger partial charge on any atom is 0.341 e. The van der Waals surface area contributed by atoms with Crippen molar-refractivity contribution in [1.29, 1.82) is 0 Å². The van der Waals surface area contributed by atoms with E-state index in [1.54, 1.807) is 25.1 Å². The normalized spacial score (nSPS) is 14.6. The van der Waals surface area contributed by atoms with Crippen LogP contribution in [0, 0.1) is 6.92 Å². The molecule has 0 spiro atoms. The number of sulfonamides is 1. The summed E-state index contributed by atoms with van der Waals surface area (Å²) < 4.78 is 32.8. The van der Waals surface area contributed by atoms with E-state index in [1.165, 1.54) is 20.1 Å². The van der Waals surface area contributed by atoms with E-state index in [0.29, 0.717) is 21.0 Å². The number of fused-ring (bicyclic) bond motifs is 1. The predicted molar refractivity (Wildman–Crippen MR) is 94.2 cm³/mol. The van der Waals surface area contributed by atoms with E-state index in [0.717, 1.165) is 11.3 Å². The first-order valence-electron chi connectivity index (χ1n) is 7.20. The summed E-state index contributed by atoms with van der Waals surface area (Å²) in [7, 11) is -2.55. The fourth-order valence-electron chi connectivity index (χ4n) is 2.59. The van der Waals surface area contributed by atoms with E-state index >= 15 is 0 Å². The van der Waals surface area contributed by atoms with Crippen LogP contribution in [0.2, 0.25) is 0 Å². The standard InChI is InChI=1S/C16H14N2O5S2/c1-8-12(16(20)23-3)15(24-13(8)9(2)19)17-14-10-6-4-5-7-11(10)25(21,22)18-14/h4-7H,1-3H3,(H,17,18). The number of thiophene rings is 1. The van der Waals surface area contributed by atoms with E-state index < -0.39 is 16.0 Å². The molecule has 1 aromatic heterocycles. The third-order valence-electron chi connectivity index (χ3n) is 3.72. The number of rotatable bonds is 3. The van der Waals surface area contributed by atoms with E-state index in [2.05, 4.69) is 9.71 Å². The largest absolute Gasteiger partial charge is 0.465 e. The molecule has 9 heteroatoms. The molecule has 0 atom stereocenters. The number of anilines is 1. The van der Waals surface area contributed by atoms with Crippen molar-refractivity contribution in [1.82, 2.24) is 0 Å². The molecule has 25 heavy (non-hydrogen) atoms. The van der Waals surface area contributed by atoms with Crippen LogP contribution in [0.15, 0.2) is 33.6 Å². The third kappa shape index (κ3) is 2.85. The van der Waals surface area contributed by atoms with Crippen LogP contribution in [0.3, 0.4) is 0 Å². The van der Waals surface area contributed by atoms with Crippen molar-refractivity contribution in [3.8, 4) is 0 Å². The Labute approximate surface area is 148 Å². The Kier molecular flexibility index (Phi) is 4.21. The molecule has 2 aromatic rings. The van der Waals surface area contributed by atoms with Gasteiger partial charge in [0.05, 0.1) is 17.6 Å². The second-order valence-electron chi connectivity index (χ2n) is 5.34. The molecular weight excluding hydrogens is 364 g/mol. The molecule has 0 saturated heterocycles. The second-order valence-corrected chi connectivity index (χ2v) is 7.94. The fourth-order valence-corrected chi connectivity index (χ4v) is 4.85. The molecule has 1 aliphatic rings. The lowest BCUT2D eigenvalue weighted by Crippen LogP contribution is -2.14. The van der Waals surface area contributed by atoms with Gasteiger partial charge in [0.15, 0.2) is 11.6 Å². The number of nitrogens with one attached hydrogen (secondary N) is 1. The van der Waals surface area contributed by atoms with Gasteiger partial charge in [-0.1, -0.05) is 12.1 Å². The van der Waals surface area contributed by atoms with Crippen LogP contribution < -0.4 is 5.32 Å². The summed E-state index contributed by atoms with van der Waals surface area (Å²) in [4.78, 5) is 24.4. The molecule has 0 bridgehead atoms. The van der Waals surface area contributed by atoms with Crippen LogP contribution in [-0.4, -0.2) is 33.1 Å². The lowest BCUT2D eigenvalue weighted by atomic mass is 10.1. The molecule has 3 rings (SSSR count). The molecule has 0 amide bonds. The van der Waals surface area contributed by atoms with E-state index in [9.17, 15) is 18.0 Å². The second kappa shape index (κ2) is 6.08. The van der Waals surface area contributed by atoms with Crippen molar-refractivity contribution in [3.05, 3.63) is 45.8 Å². The topological polar surface area (TPSA) is 102 Å². The molecule has 0 fully saturated rings. The van der Waals surface area contributed by atoms with Gasteiger partial charge >= 0.3 is 5.97 Å². The molecule has 0 radical (unpaired) electrons. The highest BCUT2D eigenvalue weighted by atomic mass is 32.2. The number of esters is 1. The minimum absolute atomic E-state index is 0.0946. The number of amidine groups is 1. The Hall–Kier alpha value is -2.52. The van der Waals surface area contributed by atoms with Crippen molar-refractivity contribution in [3.63, 3.8) is 0 Å². The van der Waals surface area contributed by atoms with Crippen LogP contribution in [0.25, 0.3) is 0 Å². The highest BCUT2D eigenvalue weighted by Crippen LogP contribution is 2.36. The summed E-state index contributed by atoms with van der Waals surface area (Å²) in [5.74, 6) is -0.697. The minimum atomic E-state index is -3.79. The maximum absolute atomic E-state index is 12.1. The van der Waals surface area contributed by atoms with Crippen molar-refractivity contribution < 1.29 is 22.7 Å². The number of ketones is 1. The Morgan fingerprint density at radius 1 is 1.24 bits per heavy atom. The number of carbonyl (C=O) groups is 2. The highest BCUT2D eigenvalue weighted by Gasteiger charge is 2.31. The molecule has 0 saturated carbocycles. The van der Waals surface area contributed by atoms with E-state index in [4.69, 9.17) is 4.74 Å². The highest BCUT2D eigenvalue weighted by molar-refractivity contribution is 7.90. The smallest absolute Gasteiger partial charge is 0.341 e. The molecule has 0 aliphatic carbocycles. The number of methoxy groups -OCH3 is 1. The molecule has 1 N–H and O–H groups in total. The average molecular weight is 378 g/mol. The van der Waals surface area contributed by atoms with Gasteiger partial charge in [0.25, 0.3) is 10.0 Å². The zero-order valence-corrected chi connectivity index (χ0v) is 15.2. The average Bonchev–Trinajstić information content (AvgIpc) is 3.02. The lowest BCUT2D eigenvalue weighted by molar-refractivity contribution is 0.0601. The van der Waals surface area contributed by atoms with E-state index in [-0.39, 0.29) is 22.1 Å². The van der Waals surface area contributed by atoms with Crippen LogP contribution in [0.4, 0.5) is 5.00 Å². The van der Waals surface area contributed by atoms with Crippen molar-refractivity contribution in [2.45, 2.75) is 18.7 Å². The summed E-state index contributed by atoms with van der Waals surface area (Å²) in [6, 6.07) is 6.39. The van der Waals surface area contributed by atoms with Crippen molar-refractivity contribution >= 4 is 43.9 Å². The minimum Gasteiger partial charge on any atom is -0.465 e. The first-order chi connectivity index (χ1) is 11.8. The summed E-state index contributed by atoms with van der Waals surface area (Å²) in [6.07, 6.45) is 0. The number of nitrogens with zero attached hydrogens (tertiary/aromatic N) is 1. The zero-order chi connectivity index (χ0) is 18.4. The Morgan fingerprint density at radius 3 is 2.56 bits per heavy atom. The predicted octanol–water partition coefficient (Wildman–Crippen LogP) is 2.61. The van der Waals surface area contributed by atoms with Gasteiger partial charge in [0.1, 0.15) is 9.90 Å². The van der Waals surface area contributed by atoms with Gasteiger partial charge in [-0.3, -0.25) is 4.79 Å². The molecule has 130 valence electrons. The van der Waals surface area contributed by atoms with Gasteiger partial charge in [-0.15, -0.1) is 15.7 Å². The first kappa shape index (κ1) is 17.3. The summed E-state index contributed by atoms with van der Waals surface area (Å²) in [5, 5.41) is 3.21. The van der Waals surface area contributed by atoms with E-state index in [1.807, 2.05) is 0 Å². The van der Waals surface area contributed by atoms with Crippen LogP contribution in [0.1, 0.15) is 38.1 Å². The quantitative estimate of drug-likeness (QED) is 0.651. The Morgan fingerprint density at radius 2 is 1.92 bits per heavy atom. The van der Waals surface area contributed by atoms with Crippen LogP contribution >= 0.6 is 11.3 Å². The zero-order valence-electron chi connectivity index (χ0n) is 13.6. The molecule has 7 nitrogen and oxygen atoms in total. The van der Waals surface area contributed by atoms with Crippen LogP contribution in [0.5, 0.6) is 0 Å². The number of ether oxygens (including phenoxy) is 1. The van der Waals surface area contributed by atoms with Gasteiger partial charge in [-0.05, 0) is 31.5 Å². The summed E-state index contributed by atoms with van der Waals surface area (Å²) in [5.41, 5.74) is 1.09. The molecule has 1 aromatic carbocycles. The molecule has 1 aliphatic heterocycles. The monoisotopic (exact) mass is 378 g/mol. The lowest BCUT2D eigenvalue weighted by Gasteiger charge is -2.07. The number of hydrogen-bond acceptors (Lipinski definition) is 7. The van der Waals surface area contributed by atoms with Gasteiger partial charge in [-0.25, -0.2) is 4.79 Å². The number of carbonyl (C=O) groups excluding carboxylic acids is 2. The van der Waals surface area contributed by atoms with Gasteiger partial charge in [-0.2, -0.15) is 8.42 Å². The SMILES string of the molecule is COC(=O)c1c(NC2=NS(=O)(=O)c3ccccc32)sc(C(C)=O)c1C. The Bertz CT molecular complexity index is 1030. The molecule has 2 heterocycles. The number of Topliss-reactive ketones (excluding diaryl/α,β-unsaturated/α-hetero) is 1. The number of hydrogen-bond donors (Lipinski definition) is 1. The van der Waals surface area contributed by atoms with Crippen molar-refractivity contribution in [2.24, 2.45) is 4.40 Å². The van der Waals surface area contributed by atoms with Gasteiger partial charge < -0.3 is 10.1 Å². The van der Waals surface area contributed by atoms with Crippen molar-refractivity contribution in [2.75, 3.05) is 12.4 Å². The Balaban J connectivity index is 2.12. The van der Waals surface area contributed by atoms with Gasteiger partial charge in [0.2, 0.25) is 0 Å². The third-order valence-corrected chi connectivity index (χ3v) is 6.36. The fraction of sp³-hybridized carbons (Fsp3) is 0.188. The molecular formula is C16H14N2O5S2. The summed E-state index contributed by atoms with van der Waals surface area (Å²) in [6.45, 7) is 3.04. The first-order valence-corrected chi connectivity index (χ1v) is 9.46. The maximum atomic E-state index is 12.1. The van der Waals surface area contributed by atoms with Crippen LogP contribution in [-0.2, 0) is 14.8 Å². The van der Waals surface area contributed by atoms with Gasteiger partial charge in [0, 0.05) is 5.56 Å². The number of benzene rings is 1.